The Morgan fingerprint density at radius 2 is 2.21 bits per heavy atom. The summed E-state index contributed by atoms with van der Waals surface area (Å²) in [4.78, 5) is 14.6. The fourth-order valence-corrected chi connectivity index (χ4v) is 4.14. The smallest absolute Gasteiger partial charge is 0.254 e. The highest BCUT2D eigenvalue weighted by atomic mass is 79.9. The van der Waals surface area contributed by atoms with E-state index in [1.54, 1.807) is 12.1 Å². The second-order valence-corrected chi connectivity index (χ2v) is 6.79. The molecule has 1 amide bonds. The van der Waals surface area contributed by atoms with Crippen molar-refractivity contribution < 1.29 is 4.79 Å². The zero-order valence-corrected chi connectivity index (χ0v) is 13.0. The minimum atomic E-state index is 0.0881. The average Bonchev–Trinajstić information content (AvgIpc) is 2.91. The topological polar surface area (TPSA) is 32.3 Å². The van der Waals surface area contributed by atoms with Crippen LogP contribution in [0.25, 0.3) is 0 Å². The summed E-state index contributed by atoms with van der Waals surface area (Å²) in [5.41, 5.74) is 0.666. The minimum Gasteiger partial charge on any atom is -0.335 e. The number of hydrogen-bond acceptors (Lipinski definition) is 2. The van der Waals surface area contributed by atoms with Crippen molar-refractivity contribution in [2.45, 2.75) is 13.0 Å². The molecule has 0 aromatic heterocycles. The highest BCUT2D eigenvalue weighted by Gasteiger charge is 2.43. The number of likely N-dealkylation sites (tertiary alicyclic amines) is 1. The summed E-state index contributed by atoms with van der Waals surface area (Å²) in [6.07, 6.45) is 0. The number of carbonyl (C=O) groups excluding carboxylic acids is 1. The third-order valence-electron chi connectivity index (χ3n) is 4.30. The van der Waals surface area contributed by atoms with Gasteiger partial charge in [0.05, 0.1) is 0 Å². The summed E-state index contributed by atoms with van der Waals surface area (Å²) in [5.74, 6) is 1.28. The predicted octanol–water partition coefficient (Wildman–Crippen LogP) is 2.78. The first-order valence-corrected chi connectivity index (χ1v) is 7.71. The molecule has 3 rings (SSSR count). The number of amides is 1. The Bertz CT molecular complexity index is 502. The van der Waals surface area contributed by atoms with Gasteiger partial charge in [-0.3, -0.25) is 4.79 Å². The van der Waals surface area contributed by atoms with Crippen LogP contribution in [0.15, 0.2) is 22.7 Å². The molecular formula is C14H16BrClN2O. The first-order valence-electron chi connectivity index (χ1n) is 6.54. The first-order chi connectivity index (χ1) is 9.06. The van der Waals surface area contributed by atoms with E-state index in [4.69, 9.17) is 11.6 Å². The Balaban J connectivity index is 1.84. The molecule has 0 spiro atoms. The molecule has 2 saturated heterocycles. The summed E-state index contributed by atoms with van der Waals surface area (Å²) >= 11 is 9.41. The molecule has 5 heteroatoms. The lowest BCUT2D eigenvalue weighted by Crippen LogP contribution is -2.38. The number of nitrogens with zero attached hydrogens (tertiary/aromatic N) is 1. The van der Waals surface area contributed by atoms with E-state index in [1.165, 1.54) is 0 Å². The Hall–Kier alpha value is -0.580. The van der Waals surface area contributed by atoms with E-state index in [0.29, 0.717) is 28.5 Å². The van der Waals surface area contributed by atoms with Crippen LogP contribution in [-0.2, 0) is 0 Å². The molecular weight excluding hydrogens is 328 g/mol. The largest absolute Gasteiger partial charge is 0.335 e. The van der Waals surface area contributed by atoms with E-state index < -0.39 is 0 Å². The van der Waals surface area contributed by atoms with E-state index >= 15 is 0 Å². The van der Waals surface area contributed by atoms with Gasteiger partial charge in [-0.05, 0) is 37.0 Å². The van der Waals surface area contributed by atoms with Crippen LogP contribution >= 0.6 is 27.5 Å². The first kappa shape index (κ1) is 13.4. The van der Waals surface area contributed by atoms with Gasteiger partial charge in [-0.1, -0.05) is 27.5 Å². The highest BCUT2D eigenvalue weighted by Crippen LogP contribution is 2.33. The summed E-state index contributed by atoms with van der Waals surface area (Å²) in [5, 5.41) is 3.99. The summed E-state index contributed by atoms with van der Waals surface area (Å²) < 4.78 is 0.845. The number of carbonyl (C=O) groups is 1. The molecule has 1 aromatic rings. The van der Waals surface area contributed by atoms with Crippen molar-refractivity contribution in [3.05, 3.63) is 33.3 Å². The predicted molar refractivity (Wildman–Crippen MR) is 79.5 cm³/mol. The van der Waals surface area contributed by atoms with E-state index in [1.807, 2.05) is 11.0 Å². The maximum absolute atomic E-state index is 12.6. The van der Waals surface area contributed by atoms with Gasteiger partial charge in [0.15, 0.2) is 0 Å². The maximum atomic E-state index is 12.6. The van der Waals surface area contributed by atoms with Crippen molar-refractivity contribution in [2.24, 2.45) is 11.8 Å². The minimum absolute atomic E-state index is 0.0881. The van der Waals surface area contributed by atoms with Crippen molar-refractivity contribution in [3.8, 4) is 0 Å². The molecule has 1 aromatic carbocycles. The fourth-order valence-electron chi connectivity index (χ4n) is 3.28. The van der Waals surface area contributed by atoms with Gasteiger partial charge in [-0.15, -0.1) is 0 Å². The highest BCUT2D eigenvalue weighted by molar-refractivity contribution is 9.10. The Kier molecular flexibility index (Phi) is 3.58. The third-order valence-corrected chi connectivity index (χ3v) is 4.98. The lowest BCUT2D eigenvalue weighted by atomic mass is 9.95. The molecule has 2 fully saturated rings. The fraction of sp³-hybridized carbons (Fsp3) is 0.500. The molecule has 0 aliphatic carbocycles. The molecule has 2 heterocycles. The van der Waals surface area contributed by atoms with Crippen molar-refractivity contribution >= 4 is 33.4 Å². The number of fused-ring (bicyclic) bond motifs is 1. The number of hydrogen-bond donors (Lipinski definition) is 1. The number of benzene rings is 1. The van der Waals surface area contributed by atoms with Crippen molar-refractivity contribution in [1.82, 2.24) is 10.2 Å². The number of rotatable bonds is 1. The lowest BCUT2D eigenvalue weighted by Gasteiger charge is -2.24. The quantitative estimate of drug-likeness (QED) is 0.850. The van der Waals surface area contributed by atoms with E-state index in [0.717, 1.165) is 24.1 Å². The standard InChI is InChI=1S/C14H16BrClN2O/c1-8-13-6-17-5-10(13)7-18(8)14(19)9-2-11(15)4-12(16)3-9/h2-4,8,10,13,17H,5-7H2,1H3. The number of halogens is 2. The molecule has 102 valence electrons. The molecule has 2 aliphatic heterocycles. The summed E-state index contributed by atoms with van der Waals surface area (Å²) in [6, 6.07) is 5.68. The van der Waals surface area contributed by atoms with Crippen molar-refractivity contribution in [3.63, 3.8) is 0 Å². The summed E-state index contributed by atoms with van der Waals surface area (Å²) in [7, 11) is 0. The number of nitrogens with one attached hydrogen (secondary N) is 1. The molecule has 0 radical (unpaired) electrons. The normalized spacial score (nSPS) is 29.6. The van der Waals surface area contributed by atoms with Crippen LogP contribution in [0.5, 0.6) is 0 Å². The summed E-state index contributed by atoms with van der Waals surface area (Å²) in [6.45, 7) is 5.05. The van der Waals surface area contributed by atoms with E-state index in [9.17, 15) is 4.79 Å². The Morgan fingerprint density at radius 1 is 1.42 bits per heavy atom. The zero-order valence-electron chi connectivity index (χ0n) is 10.7. The average molecular weight is 344 g/mol. The van der Waals surface area contributed by atoms with Gasteiger partial charge in [0.25, 0.3) is 5.91 Å². The van der Waals surface area contributed by atoms with Gasteiger partial charge in [0.2, 0.25) is 0 Å². The van der Waals surface area contributed by atoms with Gasteiger partial charge in [-0.25, -0.2) is 0 Å². The van der Waals surface area contributed by atoms with E-state index in [2.05, 4.69) is 28.2 Å². The van der Waals surface area contributed by atoms with Gasteiger partial charge in [-0.2, -0.15) is 0 Å². The van der Waals surface area contributed by atoms with Crippen LogP contribution in [0.4, 0.5) is 0 Å². The van der Waals surface area contributed by atoms with E-state index in [-0.39, 0.29) is 5.91 Å². The molecule has 3 unspecified atom stereocenters. The molecule has 0 bridgehead atoms. The van der Waals surface area contributed by atoms with Crippen LogP contribution in [0, 0.1) is 11.8 Å². The molecule has 3 nitrogen and oxygen atoms in total. The second-order valence-electron chi connectivity index (χ2n) is 5.44. The van der Waals surface area contributed by atoms with Crippen LogP contribution in [0.3, 0.4) is 0 Å². The van der Waals surface area contributed by atoms with Crippen molar-refractivity contribution in [2.75, 3.05) is 19.6 Å². The molecule has 1 N–H and O–H groups in total. The van der Waals surface area contributed by atoms with Gasteiger partial charge in [0.1, 0.15) is 0 Å². The molecule has 2 aliphatic rings. The second kappa shape index (κ2) is 5.08. The lowest BCUT2D eigenvalue weighted by molar-refractivity contribution is 0.0728. The van der Waals surface area contributed by atoms with Crippen LogP contribution in [-0.4, -0.2) is 36.5 Å². The van der Waals surface area contributed by atoms with Crippen LogP contribution < -0.4 is 5.32 Å². The molecule has 3 atom stereocenters. The Morgan fingerprint density at radius 3 is 2.89 bits per heavy atom. The zero-order chi connectivity index (χ0) is 13.6. The Labute approximate surface area is 126 Å². The van der Waals surface area contributed by atoms with Crippen molar-refractivity contribution in [1.29, 1.82) is 0 Å². The third kappa shape index (κ3) is 2.41. The monoisotopic (exact) mass is 342 g/mol. The van der Waals surface area contributed by atoms with Gasteiger partial charge in [0, 0.05) is 40.7 Å². The SMILES string of the molecule is CC1C2CNCC2CN1C(=O)c1cc(Cl)cc(Br)c1. The van der Waals surface area contributed by atoms with Gasteiger partial charge < -0.3 is 10.2 Å². The molecule has 0 saturated carbocycles. The van der Waals surface area contributed by atoms with Crippen LogP contribution in [0.2, 0.25) is 5.02 Å². The van der Waals surface area contributed by atoms with Crippen LogP contribution in [0.1, 0.15) is 17.3 Å². The maximum Gasteiger partial charge on any atom is 0.254 e. The van der Waals surface area contributed by atoms with Gasteiger partial charge >= 0.3 is 0 Å². The molecule has 19 heavy (non-hydrogen) atoms.